The van der Waals surface area contributed by atoms with Gasteiger partial charge in [-0.25, -0.2) is 0 Å². The van der Waals surface area contributed by atoms with Crippen LogP contribution in [0.3, 0.4) is 0 Å². The number of halogens is 2. The van der Waals surface area contributed by atoms with E-state index in [0.717, 1.165) is 25.7 Å². The maximum atomic E-state index is 11.1. The number of ether oxygens (including phenoxy) is 2. The average molecular weight is 452 g/mol. The van der Waals surface area contributed by atoms with Crippen molar-refractivity contribution in [2.75, 3.05) is 8.86 Å². The highest BCUT2D eigenvalue weighted by Crippen LogP contribution is 2.24. The van der Waals surface area contributed by atoms with Gasteiger partial charge in [0.1, 0.15) is 12.2 Å². The number of esters is 2. The van der Waals surface area contributed by atoms with E-state index in [-0.39, 0.29) is 24.1 Å². The molecule has 16 heavy (non-hydrogen) atoms. The van der Waals surface area contributed by atoms with Crippen molar-refractivity contribution < 1.29 is 19.1 Å². The molecule has 0 radical (unpaired) electrons. The third kappa shape index (κ3) is 5.15. The van der Waals surface area contributed by atoms with E-state index in [1.807, 2.05) is 45.2 Å². The van der Waals surface area contributed by atoms with Gasteiger partial charge in [-0.2, -0.15) is 0 Å². The molecule has 0 heterocycles. The summed E-state index contributed by atoms with van der Waals surface area (Å²) in [6.45, 7) is 0. The van der Waals surface area contributed by atoms with Gasteiger partial charge in [0.05, 0.1) is 8.86 Å². The Morgan fingerprint density at radius 1 is 0.875 bits per heavy atom. The minimum absolute atomic E-state index is 0.0109. The van der Waals surface area contributed by atoms with Crippen molar-refractivity contribution in [2.24, 2.45) is 0 Å². The molecule has 1 saturated carbocycles. The zero-order chi connectivity index (χ0) is 12.0. The minimum atomic E-state index is -0.159. The first-order chi connectivity index (χ1) is 7.65. The summed E-state index contributed by atoms with van der Waals surface area (Å²) in [6.07, 6.45) is 3.19. The number of carbonyl (C=O) groups excluding carboxylic acids is 2. The van der Waals surface area contributed by atoms with E-state index in [1.54, 1.807) is 0 Å². The molecule has 0 aromatic rings. The van der Waals surface area contributed by atoms with Gasteiger partial charge in [-0.3, -0.25) is 9.59 Å². The second-order valence-corrected chi connectivity index (χ2v) is 5.17. The second-order valence-electron chi connectivity index (χ2n) is 3.65. The van der Waals surface area contributed by atoms with Crippen molar-refractivity contribution in [3.8, 4) is 0 Å². The van der Waals surface area contributed by atoms with Crippen molar-refractivity contribution >= 4 is 57.1 Å². The lowest BCUT2D eigenvalue weighted by Crippen LogP contribution is -2.30. The number of alkyl halides is 2. The Balaban J connectivity index is 2.23. The molecule has 0 amide bonds. The standard InChI is InChI=1S/C10H14I2O4/c11-5-9(13)15-7-1-2-8(4-3-7)16-10(14)6-12/h7-8H,1-6H2. The Bertz CT molecular complexity index is 223. The van der Waals surface area contributed by atoms with E-state index in [1.165, 1.54) is 0 Å². The molecule has 1 fully saturated rings. The Hall–Kier alpha value is 0.400. The molecule has 0 N–H and O–H groups in total. The lowest BCUT2D eigenvalue weighted by molar-refractivity contribution is -0.154. The van der Waals surface area contributed by atoms with Crippen LogP contribution in [0.1, 0.15) is 25.7 Å². The molecule has 0 aromatic heterocycles. The van der Waals surface area contributed by atoms with Crippen LogP contribution in [-0.4, -0.2) is 33.0 Å². The van der Waals surface area contributed by atoms with E-state index < -0.39 is 0 Å². The van der Waals surface area contributed by atoms with Crippen molar-refractivity contribution in [1.29, 1.82) is 0 Å². The maximum absolute atomic E-state index is 11.1. The number of hydrogen-bond donors (Lipinski definition) is 0. The maximum Gasteiger partial charge on any atom is 0.316 e. The lowest BCUT2D eigenvalue weighted by Gasteiger charge is -2.27. The van der Waals surface area contributed by atoms with Crippen molar-refractivity contribution in [3.05, 3.63) is 0 Å². The van der Waals surface area contributed by atoms with Gasteiger partial charge < -0.3 is 9.47 Å². The Labute approximate surface area is 122 Å². The Morgan fingerprint density at radius 3 is 1.44 bits per heavy atom. The lowest BCUT2D eigenvalue weighted by atomic mass is 9.95. The normalized spacial score (nSPS) is 24.9. The number of carbonyl (C=O) groups is 2. The molecule has 0 unspecified atom stereocenters. The van der Waals surface area contributed by atoms with Crippen molar-refractivity contribution in [3.63, 3.8) is 0 Å². The van der Waals surface area contributed by atoms with Gasteiger partial charge in [0.15, 0.2) is 0 Å². The fraction of sp³-hybridized carbons (Fsp3) is 0.800. The van der Waals surface area contributed by atoms with E-state index >= 15 is 0 Å². The van der Waals surface area contributed by atoms with Crippen LogP contribution in [0.25, 0.3) is 0 Å². The summed E-state index contributed by atoms with van der Waals surface area (Å²) in [7, 11) is 0. The van der Waals surface area contributed by atoms with Crippen LogP contribution in [0.5, 0.6) is 0 Å². The largest absolute Gasteiger partial charge is 0.462 e. The summed E-state index contributed by atoms with van der Waals surface area (Å²) >= 11 is 3.98. The average Bonchev–Trinajstić information content (AvgIpc) is 2.31. The molecule has 4 nitrogen and oxygen atoms in total. The first-order valence-corrected chi connectivity index (χ1v) is 8.21. The fourth-order valence-corrected chi connectivity index (χ4v) is 2.06. The first-order valence-electron chi connectivity index (χ1n) is 5.16. The molecule has 0 aliphatic heterocycles. The molecule has 0 aromatic carbocycles. The third-order valence-electron chi connectivity index (χ3n) is 2.44. The first kappa shape index (κ1) is 14.5. The van der Waals surface area contributed by atoms with Crippen molar-refractivity contribution in [2.45, 2.75) is 37.9 Å². The van der Waals surface area contributed by atoms with Gasteiger partial charge in [-0.15, -0.1) is 0 Å². The van der Waals surface area contributed by atoms with Gasteiger partial charge in [0.2, 0.25) is 0 Å². The van der Waals surface area contributed by atoms with Crippen LogP contribution in [0, 0.1) is 0 Å². The molecule has 92 valence electrons. The quantitative estimate of drug-likeness (QED) is 0.374. The molecule has 1 aliphatic carbocycles. The van der Waals surface area contributed by atoms with Gasteiger partial charge >= 0.3 is 11.9 Å². The SMILES string of the molecule is O=C(CI)OC1CCC(OC(=O)CI)CC1. The smallest absolute Gasteiger partial charge is 0.316 e. The summed E-state index contributed by atoms with van der Waals surface area (Å²) in [5.41, 5.74) is 0. The van der Waals surface area contributed by atoms with E-state index in [2.05, 4.69) is 0 Å². The zero-order valence-electron chi connectivity index (χ0n) is 8.79. The fourth-order valence-electron chi connectivity index (χ4n) is 1.70. The molecular formula is C10H14I2O4. The second kappa shape index (κ2) is 7.67. The summed E-state index contributed by atoms with van der Waals surface area (Å²) in [5.74, 6) is -0.318. The molecule has 0 spiro atoms. The Kier molecular flexibility index (Phi) is 6.94. The van der Waals surface area contributed by atoms with Crippen LogP contribution in [0.15, 0.2) is 0 Å². The van der Waals surface area contributed by atoms with Gasteiger partial charge in [-0.05, 0) is 25.7 Å². The highest BCUT2D eigenvalue weighted by molar-refractivity contribution is 14.1. The molecule has 1 aliphatic rings. The predicted molar refractivity (Wildman–Crippen MR) is 76.0 cm³/mol. The Morgan fingerprint density at radius 2 is 1.19 bits per heavy atom. The van der Waals surface area contributed by atoms with Gasteiger partial charge in [-0.1, -0.05) is 45.2 Å². The topological polar surface area (TPSA) is 52.6 Å². The zero-order valence-corrected chi connectivity index (χ0v) is 13.1. The predicted octanol–water partition coefficient (Wildman–Crippen LogP) is 2.25. The van der Waals surface area contributed by atoms with Crippen LogP contribution < -0.4 is 0 Å². The molecular weight excluding hydrogens is 438 g/mol. The molecule has 0 bridgehead atoms. The molecule has 0 saturated heterocycles. The molecule has 1 rings (SSSR count). The van der Waals surface area contributed by atoms with Gasteiger partial charge in [0, 0.05) is 0 Å². The minimum Gasteiger partial charge on any atom is -0.462 e. The number of hydrogen-bond acceptors (Lipinski definition) is 4. The van der Waals surface area contributed by atoms with E-state index in [4.69, 9.17) is 9.47 Å². The summed E-state index contributed by atoms with van der Waals surface area (Å²) in [5, 5.41) is 0. The van der Waals surface area contributed by atoms with Crippen molar-refractivity contribution in [1.82, 2.24) is 0 Å². The van der Waals surface area contributed by atoms with Crippen LogP contribution >= 0.6 is 45.2 Å². The van der Waals surface area contributed by atoms with Gasteiger partial charge in [0.25, 0.3) is 0 Å². The van der Waals surface area contributed by atoms with E-state index in [0.29, 0.717) is 8.86 Å². The monoisotopic (exact) mass is 452 g/mol. The molecule has 6 heteroatoms. The van der Waals surface area contributed by atoms with E-state index in [9.17, 15) is 9.59 Å². The van der Waals surface area contributed by atoms with Crippen LogP contribution in [0.4, 0.5) is 0 Å². The third-order valence-corrected chi connectivity index (χ3v) is 3.68. The summed E-state index contributed by atoms with van der Waals surface area (Å²) in [6, 6.07) is 0. The summed E-state index contributed by atoms with van der Waals surface area (Å²) < 4.78 is 11.2. The summed E-state index contributed by atoms with van der Waals surface area (Å²) in [4.78, 5) is 22.1. The van der Waals surface area contributed by atoms with Crippen LogP contribution in [-0.2, 0) is 19.1 Å². The number of rotatable bonds is 4. The highest BCUT2D eigenvalue weighted by Gasteiger charge is 2.25. The molecule has 0 atom stereocenters. The van der Waals surface area contributed by atoms with Crippen LogP contribution in [0.2, 0.25) is 0 Å². The highest BCUT2D eigenvalue weighted by atomic mass is 127.